The summed E-state index contributed by atoms with van der Waals surface area (Å²) in [6, 6.07) is 1.73. The molecule has 0 radical (unpaired) electrons. The molecule has 1 aromatic carbocycles. The maximum Gasteiger partial charge on any atom is 0.254 e. The second-order valence-corrected chi connectivity index (χ2v) is 5.40. The topological polar surface area (TPSA) is 52.6 Å². The molecule has 1 aromatic rings. The molecule has 2 unspecified atom stereocenters. The Kier molecular flexibility index (Phi) is 4.77. The van der Waals surface area contributed by atoms with Gasteiger partial charge in [0.25, 0.3) is 5.91 Å². The molecule has 0 bridgehead atoms. The molecule has 6 heteroatoms. The number of aliphatic hydroxyl groups excluding tert-OH is 1. The van der Waals surface area contributed by atoms with Crippen molar-refractivity contribution in [3.05, 3.63) is 29.3 Å². The maximum absolute atomic E-state index is 13.7. The first-order valence-electron chi connectivity index (χ1n) is 7.07. The second kappa shape index (κ2) is 6.39. The smallest absolute Gasteiger partial charge is 0.254 e. The Morgan fingerprint density at radius 3 is 2.38 bits per heavy atom. The quantitative estimate of drug-likeness (QED) is 0.901. The summed E-state index contributed by atoms with van der Waals surface area (Å²) in [7, 11) is 2.97. The Hall–Kier alpha value is -1.69. The van der Waals surface area contributed by atoms with Gasteiger partial charge in [0.2, 0.25) is 0 Å². The molecule has 1 aliphatic carbocycles. The SMILES string of the molecule is CNc1c(F)cc(C(=O)N(C)C2CCCCC2O)cc1F. The minimum Gasteiger partial charge on any atom is -0.391 e. The third-order valence-corrected chi connectivity index (χ3v) is 4.05. The van der Waals surface area contributed by atoms with Gasteiger partial charge in [-0.2, -0.15) is 0 Å². The number of hydrogen-bond donors (Lipinski definition) is 2. The Morgan fingerprint density at radius 1 is 1.29 bits per heavy atom. The number of hydrogen-bond acceptors (Lipinski definition) is 3. The predicted octanol–water partition coefficient (Wildman–Crippen LogP) is 2.38. The fourth-order valence-corrected chi connectivity index (χ4v) is 2.83. The number of nitrogens with zero attached hydrogens (tertiary/aromatic N) is 1. The Labute approximate surface area is 122 Å². The first-order valence-corrected chi connectivity index (χ1v) is 7.07. The van der Waals surface area contributed by atoms with Crippen LogP contribution in [0.4, 0.5) is 14.5 Å². The summed E-state index contributed by atoms with van der Waals surface area (Å²) >= 11 is 0. The van der Waals surface area contributed by atoms with Crippen molar-refractivity contribution in [2.75, 3.05) is 19.4 Å². The molecule has 1 aliphatic rings. The van der Waals surface area contributed by atoms with E-state index in [9.17, 15) is 18.7 Å². The molecule has 0 spiro atoms. The zero-order valence-electron chi connectivity index (χ0n) is 12.2. The van der Waals surface area contributed by atoms with Crippen LogP contribution in [0.25, 0.3) is 0 Å². The highest BCUT2D eigenvalue weighted by Crippen LogP contribution is 2.25. The monoisotopic (exact) mass is 298 g/mol. The van der Waals surface area contributed by atoms with E-state index in [1.807, 2.05) is 0 Å². The largest absolute Gasteiger partial charge is 0.391 e. The van der Waals surface area contributed by atoms with Crippen molar-refractivity contribution in [1.29, 1.82) is 0 Å². The number of benzene rings is 1. The summed E-state index contributed by atoms with van der Waals surface area (Å²) in [5, 5.41) is 12.4. The van der Waals surface area contributed by atoms with Crippen molar-refractivity contribution in [2.24, 2.45) is 0 Å². The average Bonchev–Trinajstić information content (AvgIpc) is 2.46. The highest BCUT2D eigenvalue weighted by Gasteiger charge is 2.30. The normalized spacial score (nSPS) is 22.0. The summed E-state index contributed by atoms with van der Waals surface area (Å²) in [5.41, 5.74) is -0.309. The molecule has 1 amide bonds. The van der Waals surface area contributed by atoms with Gasteiger partial charge in [-0.15, -0.1) is 0 Å². The van der Waals surface area contributed by atoms with Crippen LogP contribution < -0.4 is 5.32 Å². The van der Waals surface area contributed by atoms with Gasteiger partial charge in [0.1, 0.15) is 17.3 Å². The number of amides is 1. The Morgan fingerprint density at radius 2 is 1.86 bits per heavy atom. The van der Waals surface area contributed by atoms with Crippen LogP contribution in [0, 0.1) is 11.6 Å². The van der Waals surface area contributed by atoms with E-state index in [-0.39, 0.29) is 17.3 Å². The van der Waals surface area contributed by atoms with Gasteiger partial charge in [0, 0.05) is 19.7 Å². The van der Waals surface area contributed by atoms with Crippen molar-refractivity contribution in [1.82, 2.24) is 4.90 Å². The molecule has 1 fully saturated rings. The lowest BCUT2D eigenvalue weighted by molar-refractivity contribution is 0.0267. The number of likely N-dealkylation sites (N-methyl/N-ethyl adjacent to an activating group) is 1. The van der Waals surface area contributed by atoms with Gasteiger partial charge < -0.3 is 15.3 Å². The summed E-state index contributed by atoms with van der Waals surface area (Å²) in [6.45, 7) is 0. The van der Waals surface area contributed by atoms with Crippen molar-refractivity contribution < 1.29 is 18.7 Å². The number of nitrogens with one attached hydrogen (secondary N) is 1. The zero-order chi connectivity index (χ0) is 15.6. The molecule has 0 aromatic heterocycles. The summed E-state index contributed by atoms with van der Waals surface area (Å²) in [6.07, 6.45) is 2.62. The van der Waals surface area contributed by atoms with Crippen molar-refractivity contribution in [3.63, 3.8) is 0 Å². The van der Waals surface area contributed by atoms with Crippen LogP contribution in [-0.4, -0.2) is 42.2 Å². The van der Waals surface area contributed by atoms with Crippen LogP contribution in [0.5, 0.6) is 0 Å². The summed E-state index contributed by atoms with van der Waals surface area (Å²) in [5.74, 6) is -2.10. The number of halogens is 2. The van der Waals surface area contributed by atoms with Gasteiger partial charge in [-0.25, -0.2) is 8.78 Å². The Balaban J connectivity index is 2.23. The van der Waals surface area contributed by atoms with Crippen molar-refractivity contribution in [3.8, 4) is 0 Å². The van der Waals surface area contributed by atoms with Crippen LogP contribution in [0.15, 0.2) is 12.1 Å². The maximum atomic E-state index is 13.7. The van der Waals surface area contributed by atoms with Crippen LogP contribution in [0.1, 0.15) is 36.0 Å². The summed E-state index contributed by atoms with van der Waals surface area (Å²) in [4.78, 5) is 13.7. The average molecular weight is 298 g/mol. The summed E-state index contributed by atoms with van der Waals surface area (Å²) < 4.78 is 27.5. The van der Waals surface area contributed by atoms with Crippen LogP contribution in [0.3, 0.4) is 0 Å². The number of carbonyl (C=O) groups is 1. The molecule has 1 saturated carbocycles. The van der Waals surface area contributed by atoms with Gasteiger partial charge >= 0.3 is 0 Å². The molecule has 0 heterocycles. The van der Waals surface area contributed by atoms with Gasteiger partial charge in [-0.3, -0.25) is 4.79 Å². The first-order chi connectivity index (χ1) is 9.95. The van der Waals surface area contributed by atoms with Gasteiger partial charge in [0.15, 0.2) is 0 Å². The second-order valence-electron chi connectivity index (χ2n) is 5.40. The third kappa shape index (κ3) is 3.15. The number of rotatable bonds is 3. The van der Waals surface area contributed by atoms with E-state index >= 15 is 0 Å². The molecule has 2 N–H and O–H groups in total. The van der Waals surface area contributed by atoms with E-state index in [0.717, 1.165) is 25.0 Å². The van der Waals surface area contributed by atoms with E-state index in [2.05, 4.69) is 5.32 Å². The van der Waals surface area contributed by atoms with Crippen LogP contribution in [0.2, 0.25) is 0 Å². The molecule has 2 atom stereocenters. The van der Waals surface area contributed by atoms with E-state index in [4.69, 9.17) is 0 Å². The molecule has 4 nitrogen and oxygen atoms in total. The standard InChI is InChI=1S/C15H20F2N2O2/c1-18-14-10(16)7-9(8-11(14)17)15(21)19(2)12-5-3-4-6-13(12)20/h7-8,12-13,18,20H,3-6H2,1-2H3. The minimum atomic E-state index is -0.807. The molecule has 0 aliphatic heterocycles. The third-order valence-electron chi connectivity index (χ3n) is 4.05. The van der Waals surface area contributed by atoms with E-state index in [1.165, 1.54) is 11.9 Å². The van der Waals surface area contributed by atoms with E-state index in [1.54, 1.807) is 7.05 Å². The number of anilines is 1. The molecule has 116 valence electrons. The van der Waals surface area contributed by atoms with Crippen molar-refractivity contribution >= 4 is 11.6 Å². The van der Waals surface area contributed by atoms with Crippen molar-refractivity contribution in [2.45, 2.75) is 37.8 Å². The lowest BCUT2D eigenvalue weighted by Gasteiger charge is -2.35. The highest BCUT2D eigenvalue weighted by atomic mass is 19.1. The molecule has 0 saturated heterocycles. The lowest BCUT2D eigenvalue weighted by atomic mass is 9.91. The first kappa shape index (κ1) is 15.7. The van der Waals surface area contributed by atoms with E-state index < -0.39 is 23.6 Å². The predicted molar refractivity (Wildman–Crippen MR) is 76.3 cm³/mol. The van der Waals surface area contributed by atoms with Gasteiger partial charge in [-0.05, 0) is 25.0 Å². The number of carbonyl (C=O) groups excluding carboxylic acids is 1. The minimum absolute atomic E-state index is 0.0516. The van der Waals surface area contributed by atoms with Gasteiger partial charge in [-0.1, -0.05) is 12.8 Å². The van der Waals surface area contributed by atoms with E-state index in [0.29, 0.717) is 12.8 Å². The molecule has 21 heavy (non-hydrogen) atoms. The fourth-order valence-electron chi connectivity index (χ4n) is 2.83. The molecular formula is C15H20F2N2O2. The fraction of sp³-hybridized carbons (Fsp3) is 0.533. The van der Waals surface area contributed by atoms with Crippen LogP contribution >= 0.6 is 0 Å². The Bertz CT molecular complexity index is 513. The van der Waals surface area contributed by atoms with Gasteiger partial charge in [0.05, 0.1) is 12.1 Å². The molecular weight excluding hydrogens is 278 g/mol. The molecule has 2 rings (SSSR count). The number of aliphatic hydroxyl groups is 1. The lowest BCUT2D eigenvalue weighted by Crippen LogP contribution is -2.46. The van der Waals surface area contributed by atoms with Crippen LogP contribution in [-0.2, 0) is 0 Å². The highest BCUT2D eigenvalue weighted by molar-refractivity contribution is 5.94. The zero-order valence-corrected chi connectivity index (χ0v) is 12.2.